The number of nitrogens with two attached hydrogens (primary N) is 1. The average Bonchev–Trinajstić information content (AvgIpc) is 2.60. The lowest BCUT2D eigenvalue weighted by molar-refractivity contribution is 0.102. The van der Waals surface area contributed by atoms with E-state index in [0.29, 0.717) is 5.52 Å². The van der Waals surface area contributed by atoms with E-state index in [1.54, 1.807) is 18.2 Å². The second kappa shape index (κ2) is 6.50. The van der Waals surface area contributed by atoms with Crippen LogP contribution in [0.3, 0.4) is 0 Å². The Balaban J connectivity index is 1.92. The Hall–Kier alpha value is -2.97. The Kier molecular flexibility index (Phi) is 4.39. The molecule has 1 aromatic heterocycles. The highest BCUT2D eigenvalue weighted by molar-refractivity contribution is 7.89. The third-order valence-electron chi connectivity index (χ3n) is 3.56. The summed E-state index contributed by atoms with van der Waals surface area (Å²) in [7, 11) is -2.65. The molecule has 3 aromatic rings. The fourth-order valence-electron chi connectivity index (χ4n) is 2.36. The van der Waals surface area contributed by atoms with Crippen molar-refractivity contribution in [3.05, 3.63) is 60.3 Å². The van der Waals surface area contributed by atoms with Crippen LogP contribution in [0.15, 0.2) is 59.5 Å². The number of nitrogens with one attached hydrogen (secondary N) is 1. The Morgan fingerprint density at radius 3 is 2.60 bits per heavy atom. The van der Waals surface area contributed by atoms with Crippen molar-refractivity contribution in [2.45, 2.75) is 4.90 Å². The van der Waals surface area contributed by atoms with E-state index in [1.165, 1.54) is 25.3 Å². The molecule has 8 heteroatoms. The predicted octanol–water partition coefficient (Wildman–Crippen LogP) is 2.14. The van der Waals surface area contributed by atoms with Gasteiger partial charge < -0.3 is 10.1 Å². The maximum Gasteiger partial charge on any atom is 0.274 e. The number of sulfonamides is 1. The Morgan fingerprint density at radius 2 is 1.88 bits per heavy atom. The quantitative estimate of drug-likeness (QED) is 0.743. The van der Waals surface area contributed by atoms with Crippen LogP contribution in [0.5, 0.6) is 5.75 Å². The van der Waals surface area contributed by atoms with Crippen molar-refractivity contribution in [2.75, 3.05) is 12.4 Å². The number of hydrogen-bond donors (Lipinski definition) is 2. The van der Waals surface area contributed by atoms with E-state index in [0.717, 1.165) is 5.39 Å². The van der Waals surface area contributed by atoms with Gasteiger partial charge in [0.25, 0.3) is 5.91 Å². The first-order valence-corrected chi connectivity index (χ1v) is 8.81. The fraction of sp³-hybridized carbons (Fsp3) is 0.0588. The molecular formula is C17H15N3O4S. The summed E-state index contributed by atoms with van der Waals surface area (Å²) in [5, 5.41) is 8.70. The zero-order valence-electron chi connectivity index (χ0n) is 13.3. The molecule has 2 aromatic carbocycles. The molecule has 3 rings (SSSR count). The van der Waals surface area contributed by atoms with Gasteiger partial charge >= 0.3 is 0 Å². The molecule has 0 saturated carbocycles. The molecule has 0 radical (unpaired) electrons. The molecule has 0 spiro atoms. The number of amides is 1. The topological polar surface area (TPSA) is 111 Å². The number of primary sulfonamides is 1. The van der Waals surface area contributed by atoms with Crippen molar-refractivity contribution in [2.24, 2.45) is 5.14 Å². The number of benzene rings is 2. The van der Waals surface area contributed by atoms with E-state index < -0.39 is 15.9 Å². The van der Waals surface area contributed by atoms with Crippen molar-refractivity contribution in [1.82, 2.24) is 4.98 Å². The van der Waals surface area contributed by atoms with Gasteiger partial charge in [-0.3, -0.25) is 4.79 Å². The van der Waals surface area contributed by atoms with Crippen LogP contribution in [0.4, 0.5) is 5.69 Å². The third-order valence-corrected chi connectivity index (χ3v) is 4.49. The van der Waals surface area contributed by atoms with Crippen molar-refractivity contribution < 1.29 is 17.9 Å². The number of fused-ring (bicyclic) bond motifs is 1. The van der Waals surface area contributed by atoms with Crippen molar-refractivity contribution in [1.29, 1.82) is 0 Å². The normalized spacial score (nSPS) is 11.3. The molecule has 0 unspecified atom stereocenters. The summed E-state index contributed by atoms with van der Waals surface area (Å²) in [4.78, 5) is 16.5. The van der Waals surface area contributed by atoms with Crippen LogP contribution in [0.2, 0.25) is 0 Å². The van der Waals surface area contributed by atoms with Gasteiger partial charge in [0, 0.05) is 11.1 Å². The summed E-state index contributed by atoms with van der Waals surface area (Å²) < 4.78 is 28.3. The number of para-hydroxylation sites is 1. The molecule has 128 valence electrons. The Labute approximate surface area is 144 Å². The number of nitrogens with zero attached hydrogens (tertiary/aromatic N) is 1. The number of ether oxygens (including phenoxy) is 1. The minimum Gasteiger partial charge on any atom is -0.495 e. The largest absolute Gasteiger partial charge is 0.495 e. The van der Waals surface area contributed by atoms with E-state index in [4.69, 9.17) is 9.88 Å². The van der Waals surface area contributed by atoms with Crippen molar-refractivity contribution in [3.8, 4) is 5.75 Å². The van der Waals surface area contributed by atoms with Crippen LogP contribution < -0.4 is 15.2 Å². The second-order valence-electron chi connectivity index (χ2n) is 5.25. The highest BCUT2D eigenvalue weighted by atomic mass is 32.2. The van der Waals surface area contributed by atoms with Crippen LogP contribution in [0.1, 0.15) is 10.5 Å². The van der Waals surface area contributed by atoms with Gasteiger partial charge in [0.05, 0.1) is 12.6 Å². The molecule has 0 aliphatic carbocycles. The zero-order valence-corrected chi connectivity index (χ0v) is 14.1. The van der Waals surface area contributed by atoms with Crippen LogP contribution >= 0.6 is 0 Å². The molecule has 0 saturated heterocycles. The summed E-state index contributed by atoms with van der Waals surface area (Å²) in [5.41, 5.74) is 1.17. The zero-order chi connectivity index (χ0) is 18.0. The molecule has 25 heavy (non-hydrogen) atoms. The van der Waals surface area contributed by atoms with Gasteiger partial charge in [-0.2, -0.15) is 0 Å². The van der Waals surface area contributed by atoms with Gasteiger partial charge in [0.1, 0.15) is 16.3 Å². The second-order valence-corrected chi connectivity index (χ2v) is 6.78. The number of aromatic nitrogens is 1. The fourth-order valence-corrected chi connectivity index (χ4v) is 3.09. The number of rotatable bonds is 4. The molecule has 0 aliphatic rings. The third kappa shape index (κ3) is 3.59. The highest BCUT2D eigenvalue weighted by Crippen LogP contribution is 2.26. The lowest BCUT2D eigenvalue weighted by atomic mass is 10.2. The minimum atomic E-state index is -3.99. The van der Waals surface area contributed by atoms with Crippen molar-refractivity contribution in [3.63, 3.8) is 0 Å². The monoisotopic (exact) mass is 357 g/mol. The van der Waals surface area contributed by atoms with E-state index in [2.05, 4.69) is 10.3 Å². The summed E-state index contributed by atoms with van der Waals surface area (Å²) in [6.07, 6.45) is 0. The number of carbonyl (C=O) groups is 1. The van der Waals surface area contributed by atoms with E-state index in [9.17, 15) is 13.2 Å². The van der Waals surface area contributed by atoms with Crippen LogP contribution in [0, 0.1) is 0 Å². The Bertz CT molecular complexity index is 1060. The first kappa shape index (κ1) is 16.9. The van der Waals surface area contributed by atoms with Crippen molar-refractivity contribution >= 4 is 32.5 Å². The van der Waals surface area contributed by atoms with Crippen LogP contribution in [0.25, 0.3) is 10.9 Å². The van der Waals surface area contributed by atoms with Gasteiger partial charge in [0.2, 0.25) is 10.0 Å². The lowest BCUT2D eigenvalue weighted by Gasteiger charge is -2.10. The number of anilines is 1. The maximum atomic E-state index is 12.4. The number of methoxy groups -OCH3 is 1. The van der Waals surface area contributed by atoms with Crippen LogP contribution in [-0.2, 0) is 10.0 Å². The minimum absolute atomic E-state index is 0.101. The molecule has 0 fully saturated rings. The average molecular weight is 357 g/mol. The summed E-state index contributed by atoms with van der Waals surface area (Å²) in [6, 6.07) is 15.0. The van der Waals surface area contributed by atoms with E-state index >= 15 is 0 Å². The summed E-state index contributed by atoms with van der Waals surface area (Å²) >= 11 is 0. The predicted molar refractivity (Wildman–Crippen MR) is 94.1 cm³/mol. The first-order valence-electron chi connectivity index (χ1n) is 7.26. The number of pyridine rings is 1. The van der Waals surface area contributed by atoms with Gasteiger partial charge in [-0.05, 0) is 30.3 Å². The molecule has 1 amide bonds. The highest BCUT2D eigenvalue weighted by Gasteiger charge is 2.17. The van der Waals surface area contributed by atoms with Crippen LogP contribution in [-0.4, -0.2) is 26.4 Å². The van der Waals surface area contributed by atoms with Gasteiger partial charge in [-0.1, -0.05) is 24.3 Å². The standard InChI is InChI=1S/C17H15N3O4S/c1-24-15-9-7-12(10-16(15)25(18,22)23)19-17(21)14-8-6-11-4-2-3-5-13(11)20-14/h2-10H,1H3,(H,19,21)(H2,18,22,23). The summed E-state index contributed by atoms with van der Waals surface area (Å²) in [5.74, 6) is -0.361. The molecule has 0 bridgehead atoms. The Morgan fingerprint density at radius 1 is 1.12 bits per heavy atom. The summed E-state index contributed by atoms with van der Waals surface area (Å²) in [6.45, 7) is 0. The SMILES string of the molecule is COc1ccc(NC(=O)c2ccc3ccccc3n2)cc1S(N)(=O)=O. The maximum absolute atomic E-state index is 12.4. The molecule has 0 atom stereocenters. The molecule has 3 N–H and O–H groups in total. The number of hydrogen-bond acceptors (Lipinski definition) is 5. The van der Waals surface area contributed by atoms with Gasteiger partial charge in [-0.15, -0.1) is 0 Å². The van der Waals surface area contributed by atoms with Gasteiger partial charge in [-0.25, -0.2) is 18.5 Å². The number of carbonyl (C=O) groups excluding carboxylic acids is 1. The van der Waals surface area contributed by atoms with Gasteiger partial charge in [0.15, 0.2) is 0 Å². The molecule has 7 nitrogen and oxygen atoms in total. The smallest absolute Gasteiger partial charge is 0.274 e. The molecule has 0 aliphatic heterocycles. The molecule has 1 heterocycles. The lowest BCUT2D eigenvalue weighted by Crippen LogP contribution is -2.16. The van der Waals surface area contributed by atoms with E-state index in [1.807, 2.05) is 18.2 Å². The molecular weight excluding hydrogens is 342 g/mol. The first-order chi connectivity index (χ1) is 11.9. The van der Waals surface area contributed by atoms with E-state index in [-0.39, 0.29) is 22.0 Å².